The van der Waals surface area contributed by atoms with Gasteiger partial charge in [-0.2, -0.15) is 0 Å². The van der Waals surface area contributed by atoms with Crippen LogP contribution in [0.5, 0.6) is 0 Å². The van der Waals surface area contributed by atoms with Gasteiger partial charge in [0.15, 0.2) is 0 Å². The van der Waals surface area contributed by atoms with Gasteiger partial charge in [0.25, 0.3) is 0 Å². The van der Waals surface area contributed by atoms with Crippen molar-refractivity contribution < 1.29 is 24.2 Å². The number of rotatable bonds is 8. The number of hydrogen-bond donors (Lipinski definition) is 4. The topological polar surface area (TPSA) is 131 Å². The maximum atomic E-state index is 11.4. The molecule has 0 bridgehead atoms. The summed E-state index contributed by atoms with van der Waals surface area (Å²) in [5.41, 5.74) is 4.91. The van der Waals surface area contributed by atoms with Crippen molar-refractivity contribution in [3.63, 3.8) is 0 Å². The lowest BCUT2D eigenvalue weighted by molar-refractivity contribution is -0.139. The molecule has 8 heteroatoms. The van der Waals surface area contributed by atoms with Gasteiger partial charge in [-0.05, 0) is 13.3 Å². The molecule has 0 fully saturated rings. The van der Waals surface area contributed by atoms with Gasteiger partial charge in [-0.25, -0.2) is 9.59 Å². The molecule has 0 aliphatic rings. The van der Waals surface area contributed by atoms with Crippen LogP contribution in [0.15, 0.2) is 0 Å². The second-order valence-corrected chi connectivity index (χ2v) is 3.80. The third-order valence-corrected chi connectivity index (χ3v) is 2.24. The molecule has 0 aromatic heterocycles. The van der Waals surface area contributed by atoms with Crippen LogP contribution in [-0.2, 0) is 14.3 Å². The van der Waals surface area contributed by atoms with E-state index in [4.69, 9.17) is 15.6 Å². The van der Waals surface area contributed by atoms with Gasteiger partial charge >= 0.3 is 12.0 Å². The molecule has 3 amide bonds. The van der Waals surface area contributed by atoms with E-state index in [1.165, 1.54) is 7.11 Å². The number of primary amides is 1. The zero-order valence-electron chi connectivity index (χ0n) is 10.4. The molecular weight excluding hydrogens is 242 g/mol. The largest absolute Gasteiger partial charge is 0.480 e. The molecule has 0 aromatic carbocycles. The average Bonchev–Trinajstić information content (AvgIpc) is 2.30. The summed E-state index contributed by atoms with van der Waals surface area (Å²) in [7, 11) is 1.50. The molecule has 104 valence electrons. The second kappa shape index (κ2) is 8.29. The first-order valence-electron chi connectivity index (χ1n) is 5.45. The van der Waals surface area contributed by atoms with Crippen molar-refractivity contribution in [2.75, 3.05) is 13.7 Å². The molecule has 0 aliphatic carbocycles. The maximum absolute atomic E-state index is 11.4. The van der Waals surface area contributed by atoms with E-state index in [1.54, 1.807) is 6.92 Å². The van der Waals surface area contributed by atoms with Gasteiger partial charge in [0.1, 0.15) is 6.04 Å². The van der Waals surface area contributed by atoms with Gasteiger partial charge in [0.05, 0.1) is 6.10 Å². The van der Waals surface area contributed by atoms with Crippen LogP contribution in [0, 0.1) is 0 Å². The fourth-order valence-corrected chi connectivity index (χ4v) is 1.07. The summed E-state index contributed by atoms with van der Waals surface area (Å²) >= 11 is 0. The zero-order valence-corrected chi connectivity index (χ0v) is 10.4. The monoisotopic (exact) mass is 261 g/mol. The van der Waals surface area contributed by atoms with Crippen LogP contribution in [0.2, 0.25) is 0 Å². The number of urea groups is 1. The number of methoxy groups -OCH3 is 1. The van der Waals surface area contributed by atoms with Crippen LogP contribution in [0.3, 0.4) is 0 Å². The minimum Gasteiger partial charge on any atom is -0.480 e. The Bertz CT molecular complexity index is 308. The smallest absolute Gasteiger partial charge is 0.326 e. The normalized spacial score (nSPS) is 13.4. The van der Waals surface area contributed by atoms with Crippen LogP contribution >= 0.6 is 0 Å². The van der Waals surface area contributed by atoms with E-state index >= 15 is 0 Å². The minimum absolute atomic E-state index is 0.0437. The van der Waals surface area contributed by atoms with E-state index in [-0.39, 0.29) is 25.5 Å². The third-order valence-electron chi connectivity index (χ3n) is 2.24. The number of aliphatic carboxylic acids is 1. The highest BCUT2D eigenvalue weighted by molar-refractivity contribution is 5.83. The molecule has 18 heavy (non-hydrogen) atoms. The number of carboxylic acid groups (broad SMARTS) is 1. The van der Waals surface area contributed by atoms with Crippen molar-refractivity contribution in [2.45, 2.75) is 31.9 Å². The molecule has 0 saturated heterocycles. The summed E-state index contributed by atoms with van der Waals surface area (Å²) in [4.78, 5) is 32.7. The number of nitrogens with one attached hydrogen (secondary N) is 2. The lowest BCUT2D eigenvalue weighted by Gasteiger charge is -2.16. The predicted molar refractivity (Wildman–Crippen MR) is 62.9 cm³/mol. The van der Waals surface area contributed by atoms with Gasteiger partial charge in [0, 0.05) is 20.1 Å². The van der Waals surface area contributed by atoms with Gasteiger partial charge in [0.2, 0.25) is 5.91 Å². The SMILES string of the molecule is COC(C)CNC(=O)N[C@@H](CCC(N)=O)C(=O)O. The molecule has 0 radical (unpaired) electrons. The van der Waals surface area contributed by atoms with Crippen molar-refractivity contribution in [3.05, 3.63) is 0 Å². The quantitative estimate of drug-likeness (QED) is 0.447. The number of amides is 3. The Balaban J connectivity index is 4.11. The van der Waals surface area contributed by atoms with Crippen molar-refractivity contribution in [1.82, 2.24) is 10.6 Å². The maximum Gasteiger partial charge on any atom is 0.326 e. The second-order valence-electron chi connectivity index (χ2n) is 3.80. The lowest BCUT2D eigenvalue weighted by Crippen LogP contribution is -2.47. The van der Waals surface area contributed by atoms with E-state index in [0.29, 0.717) is 0 Å². The van der Waals surface area contributed by atoms with Crippen LogP contribution in [0.25, 0.3) is 0 Å². The summed E-state index contributed by atoms with van der Waals surface area (Å²) in [6.07, 6.45) is -0.325. The molecule has 5 N–H and O–H groups in total. The zero-order chi connectivity index (χ0) is 14.1. The fourth-order valence-electron chi connectivity index (χ4n) is 1.07. The van der Waals surface area contributed by atoms with Crippen molar-refractivity contribution in [1.29, 1.82) is 0 Å². The van der Waals surface area contributed by atoms with E-state index in [1.807, 2.05) is 0 Å². The lowest BCUT2D eigenvalue weighted by atomic mass is 10.1. The first kappa shape index (κ1) is 16.2. The highest BCUT2D eigenvalue weighted by atomic mass is 16.5. The predicted octanol–water partition coefficient (Wildman–Crippen LogP) is -0.961. The van der Waals surface area contributed by atoms with Crippen LogP contribution in [0.4, 0.5) is 4.79 Å². The van der Waals surface area contributed by atoms with E-state index in [2.05, 4.69) is 10.6 Å². The van der Waals surface area contributed by atoms with Crippen LogP contribution < -0.4 is 16.4 Å². The number of hydrogen-bond acceptors (Lipinski definition) is 4. The molecule has 0 heterocycles. The van der Waals surface area contributed by atoms with Crippen molar-refractivity contribution in [3.8, 4) is 0 Å². The van der Waals surface area contributed by atoms with E-state index in [9.17, 15) is 14.4 Å². The van der Waals surface area contributed by atoms with Crippen molar-refractivity contribution in [2.24, 2.45) is 5.73 Å². The number of nitrogens with two attached hydrogens (primary N) is 1. The summed E-state index contributed by atoms with van der Waals surface area (Å²) in [6.45, 7) is 2.01. The summed E-state index contributed by atoms with van der Waals surface area (Å²) < 4.78 is 4.91. The van der Waals surface area contributed by atoms with Gasteiger partial charge in [-0.3, -0.25) is 4.79 Å². The Hall–Kier alpha value is -1.83. The first-order valence-corrected chi connectivity index (χ1v) is 5.45. The minimum atomic E-state index is -1.22. The summed E-state index contributed by atoms with van der Waals surface area (Å²) in [5.74, 6) is -1.83. The molecular formula is C10H19N3O5. The molecule has 0 spiro atoms. The Morgan fingerprint density at radius 3 is 2.44 bits per heavy atom. The molecule has 0 aliphatic heterocycles. The number of carboxylic acids is 1. The highest BCUT2D eigenvalue weighted by Gasteiger charge is 2.20. The Morgan fingerprint density at radius 2 is 2.00 bits per heavy atom. The van der Waals surface area contributed by atoms with Crippen molar-refractivity contribution >= 4 is 17.9 Å². The van der Waals surface area contributed by atoms with Gasteiger partial charge < -0.3 is 26.2 Å². The average molecular weight is 261 g/mol. The first-order chi connectivity index (χ1) is 8.36. The molecule has 2 atom stereocenters. The standard InChI is InChI=1S/C10H19N3O5/c1-6(18-2)5-12-10(17)13-7(9(15)16)3-4-8(11)14/h6-7H,3-5H2,1-2H3,(H2,11,14)(H,15,16)(H2,12,13,17)/t6?,7-/m0/s1. The number of carbonyl (C=O) groups is 3. The Morgan fingerprint density at radius 1 is 1.39 bits per heavy atom. The Labute approximate surface area is 105 Å². The molecule has 0 aromatic rings. The van der Waals surface area contributed by atoms with E-state index < -0.39 is 23.9 Å². The summed E-state index contributed by atoms with van der Waals surface area (Å²) in [5, 5.41) is 13.5. The molecule has 8 nitrogen and oxygen atoms in total. The van der Waals surface area contributed by atoms with Gasteiger partial charge in [-0.15, -0.1) is 0 Å². The van der Waals surface area contributed by atoms with E-state index in [0.717, 1.165) is 0 Å². The van der Waals surface area contributed by atoms with Gasteiger partial charge in [-0.1, -0.05) is 0 Å². The number of ether oxygens (including phenoxy) is 1. The number of carbonyl (C=O) groups excluding carboxylic acids is 2. The molecule has 1 unspecified atom stereocenters. The third kappa shape index (κ3) is 7.44. The highest BCUT2D eigenvalue weighted by Crippen LogP contribution is 1.97. The van der Waals surface area contributed by atoms with Crippen LogP contribution in [-0.4, -0.2) is 48.8 Å². The fraction of sp³-hybridized carbons (Fsp3) is 0.700. The Kier molecular flexibility index (Phi) is 7.45. The molecule has 0 rings (SSSR count). The molecule has 0 saturated carbocycles. The van der Waals surface area contributed by atoms with Crippen LogP contribution in [0.1, 0.15) is 19.8 Å². The summed E-state index contributed by atoms with van der Waals surface area (Å²) in [6, 6.07) is -1.77.